The van der Waals surface area contributed by atoms with E-state index in [0.29, 0.717) is 5.56 Å². The van der Waals surface area contributed by atoms with Crippen molar-refractivity contribution in [3.8, 4) is 0 Å². The number of aryl methyl sites for hydroxylation is 2. The lowest BCUT2D eigenvalue weighted by Crippen LogP contribution is -2.06. The SMILES string of the molecule is Cc1cc(F)ccc1CC(=O)c1cccc(C)c1Br. The predicted octanol–water partition coefficient (Wildman–Crippen LogP) is 4.63. The molecule has 2 rings (SSSR count). The van der Waals surface area contributed by atoms with Crippen LogP contribution in [0.2, 0.25) is 0 Å². The summed E-state index contributed by atoms with van der Waals surface area (Å²) in [6.45, 7) is 3.76. The first kappa shape index (κ1) is 13.9. The normalized spacial score (nSPS) is 10.5. The minimum atomic E-state index is -0.273. The van der Waals surface area contributed by atoms with Crippen LogP contribution in [-0.4, -0.2) is 5.78 Å². The van der Waals surface area contributed by atoms with Gasteiger partial charge in [-0.2, -0.15) is 0 Å². The Bertz CT molecular complexity index is 635. The van der Waals surface area contributed by atoms with Crippen molar-refractivity contribution in [3.63, 3.8) is 0 Å². The van der Waals surface area contributed by atoms with Crippen molar-refractivity contribution in [2.75, 3.05) is 0 Å². The molecule has 0 aliphatic heterocycles. The van der Waals surface area contributed by atoms with Crippen LogP contribution in [-0.2, 0) is 6.42 Å². The molecular formula is C16H14BrFO. The van der Waals surface area contributed by atoms with Gasteiger partial charge in [0.05, 0.1) is 0 Å². The molecule has 0 atom stereocenters. The third-order valence-electron chi connectivity index (χ3n) is 3.15. The van der Waals surface area contributed by atoms with Crippen LogP contribution in [0.1, 0.15) is 27.0 Å². The molecule has 0 saturated heterocycles. The molecule has 0 heterocycles. The summed E-state index contributed by atoms with van der Waals surface area (Å²) in [7, 11) is 0. The van der Waals surface area contributed by atoms with E-state index in [-0.39, 0.29) is 18.0 Å². The van der Waals surface area contributed by atoms with Gasteiger partial charge in [-0.3, -0.25) is 4.79 Å². The molecule has 0 radical (unpaired) electrons. The summed E-state index contributed by atoms with van der Waals surface area (Å²) in [5.41, 5.74) is 3.36. The van der Waals surface area contributed by atoms with Gasteiger partial charge in [-0.1, -0.05) is 24.3 Å². The lowest BCUT2D eigenvalue weighted by atomic mass is 9.98. The van der Waals surface area contributed by atoms with Crippen LogP contribution >= 0.6 is 15.9 Å². The summed E-state index contributed by atoms with van der Waals surface area (Å²) in [4.78, 5) is 12.3. The van der Waals surface area contributed by atoms with Crippen molar-refractivity contribution in [2.45, 2.75) is 20.3 Å². The molecular weight excluding hydrogens is 307 g/mol. The fourth-order valence-electron chi connectivity index (χ4n) is 1.99. The largest absolute Gasteiger partial charge is 0.294 e. The van der Waals surface area contributed by atoms with E-state index >= 15 is 0 Å². The maximum atomic E-state index is 13.0. The topological polar surface area (TPSA) is 17.1 Å². The number of halogens is 2. The monoisotopic (exact) mass is 320 g/mol. The molecule has 2 aromatic rings. The molecule has 0 amide bonds. The Kier molecular flexibility index (Phi) is 4.15. The van der Waals surface area contributed by atoms with Gasteiger partial charge in [0.15, 0.2) is 5.78 Å². The van der Waals surface area contributed by atoms with Crippen molar-refractivity contribution < 1.29 is 9.18 Å². The Balaban J connectivity index is 2.28. The maximum Gasteiger partial charge on any atom is 0.168 e. The van der Waals surface area contributed by atoms with Crippen LogP contribution in [0.25, 0.3) is 0 Å². The highest BCUT2D eigenvalue weighted by molar-refractivity contribution is 9.10. The number of Topliss-reactive ketones (excluding diaryl/α,β-unsaturated/α-hetero) is 1. The summed E-state index contributed by atoms with van der Waals surface area (Å²) in [6, 6.07) is 10.1. The van der Waals surface area contributed by atoms with Gasteiger partial charge in [-0.15, -0.1) is 0 Å². The number of carbonyl (C=O) groups excluding carboxylic acids is 1. The smallest absolute Gasteiger partial charge is 0.168 e. The molecule has 0 unspecified atom stereocenters. The van der Waals surface area contributed by atoms with E-state index in [9.17, 15) is 9.18 Å². The summed E-state index contributed by atoms with van der Waals surface area (Å²) in [6.07, 6.45) is 0.286. The van der Waals surface area contributed by atoms with Crippen LogP contribution < -0.4 is 0 Å². The van der Waals surface area contributed by atoms with Gasteiger partial charge >= 0.3 is 0 Å². The first-order valence-corrected chi connectivity index (χ1v) is 6.81. The summed E-state index contributed by atoms with van der Waals surface area (Å²) < 4.78 is 13.9. The Morgan fingerprint density at radius 3 is 2.58 bits per heavy atom. The minimum Gasteiger partial charge on any atom is -0.294 e. The first-order chi connectivity index (χ1) is 8.99. The van der Waals surface area contributed by atoms with E-state index in [0.717, 1.165) is 21.2 Å². The Morgan fingerprint density at radius 2 is 1.89 bits per heavy atom. The van der Waals surface area contributed by atoms with Crippen LogP contribution in [0.3, 0.4) is 0 Å². The minimum absolute atomic E-state index is 0.0327. The van der Waals surface area contributed by atoms with Gasteiger partial charge in [0, 0.05) is 16.5 Å². The summed E-state index contributed by atoms with van der Waals surface area (Å²) in [5.74, 6) is -0.240. The fourth-order valence-corrected chi connectivity index (χ4v) is 2.47. The van der Waals surface area contributed by atoms with E-state index < -0.39 is 0 Å². The molecule has 0 aromatic heterocycles. The predicted molar refractivity (Wildman–Crippen MR) is 78.1 cm³/mol. The molecule has 0 fully saturated rings. The van der Waals surface area contributed by atoms with Gasteiger partial charge in [0.25, 0.3) is 0 Å². The Labute approximate surface area is 120 Å². The van der Waals surface area contributed by atoms with Gasteiger partial charge in [0.2, 0.25) is 0 Å². The third-order valence-corrected chi connectivity index (χ3v) is 4.20. The number of rotatable bonds is 3. The molecule has 2 aromatic carbocycles. The van der Waals surface area contributed by atoms with Crippen molar-refractivity contribution in [1.29, 1.82) is 0 Å². The molecule has 19 heavy (non-hydrogen) atoms. The molecule has 3 heteroatoms. The molecule has 0 aliphatic carbocycles. The van der Waals surface area contributed by atoms with E-state index in [4.69, 9.17) is 0 Å². The number of hydrogen-bond donors (Lipinski definition) is 0. The van der Waals surface area contributed by atoms with Crippen molar-refractivity contribution in [2.24, 2.45) is 0 Å². The number of carbonyl (C=O) groups is 1. The molecule has 0 N–H and O–H groups in total. The standard InChI is InChI=1S/C16H14BrFO/c1-10-4-3-5-14(16(10)17)15(19)9-12-6-7-13(18)8-11(12)2/h3-8H,9H2,1-2H3. The second-order valence-electron chi connectivity index (χ2n) is 4.61. The van der Waals surface area contributed by atoms with Crippen LogP contribution in [0.5, 0.6) is 0 Å². The first-order valence-electron chi connectivity index (χ1n) is 6.02. The second kappa shape index (κ2) is 5.66. The molecule has 0 aliphatic rings. The zero-order valence-electron chi connectivity index (χ0n) is 10.8. The molecule has 98 valence electrons. The summed E-state index contributed by atoms with van der Waals surface area (Å²) in [5, 5.41) is 0. The average Bonchev–Trinajstić information content (AvgIpc) is 2.36. The quantitative estimate of drug-likeness (QED) is 0.753. The van der Waals surface area contributed by atoms with E-state index in [1.165, 1.54) is 12.1 Å². The molecule has 0 bridgehead atoms. The lowest BCUT2D eigenvalue weighted by molar-refractivity contribution is 0.0992. The van der Waals surface area contributed by atoms with Crippen molar-refractivity contribution >= 4 is 21.7 Å². The van der Waals surface area contributed by atoms with Gasteiger partial charge in [-0.25, -0.2) is 4.39 Å². The number of hydrogen-bond acceptors (Lipinski definition) is 1. The highest BCUT2D eigenvalue weighted by atomic mass is 79.9. The van der Waals surface area contributed by atoms with Crippen LogP contribution in [0, 0.1) is 19.7 Å². The Morgan fingerprint density at radius 1 is 1.16 bits per heavy atom. The van der Waals surface area contributed by atoms with Crippen LogP contribution in [0.15, 0.2) is 40.9 Å². The van der Waals surface area contributed by atoms with Gasteiger partial charge < -0.3 is 0 Å². The van der Waals surface area contributed by atoms with Crippen LogP contribution in [0.4, 0.5) is 4.39 Å². The van der Waals surface area contributed by atoms with Crippen molar-refractivity contribution in [1.82, 2.24) is 0 Å². The Hall–Kier alpha value is -1.48. The zero-order valence-corrected chi connectivity index (χ0v) is 12.4. The molecule has 0 spiro atoms. The summed E-state index contributed by atoms with van der Waals surface area (Å²) >= 11 is 3.44. The number of ketones is 1. The third kappa shape index (κ3) is 3.10. The fraction of sp³-hybridized carbons (Fsp3) is 0.188. The van der Waals surface area contributed by atoms with Gasteiger partial charge in [0.1, 0.15) is 5.82 Å². The van der Waals surface area contributed by atoms with E-state index in [1.54, 1.807) is 12.1 Å². The van der Waals surface area contributed by atoms with E-state index in [1.807, 2.05) is 26.0 Å². The van der Waals surface area contributed by atoms with E-state index in [2.05, 4.69) is 15.9 Å². The number of benzene rings is 2. The van der Waals surface area contributed by atoms with Crippen molar-refractivity contribution in [3.05, 3.63) is 68.9 Å². The zero-order chi connectivity index (χ0) is 14.0. The highest BCUT2D eigenvalue weighted by Gasteiger charge is 2.13. The lowest BCUT2D eigenvalue weighted by Gasteiger charge is -2.08. The van der Waals surface area contributed by atoms with Gasteiger partial charge in [-0.05, 0) is 58.6 Å². The second-order valence-corrected chi connectivity index (χ2v) is 5.40. The maximum absolute atomic E-state index is 13.0. The average molecular weight is 321 g/mol. The highest BCUT2D eigenvalue weighted by Crippen LogP contribution is 2.23. The molecule has 1 nitrogen and oxygen atoms in total. The molecule has 0 saturated carbocycles.